The molecule has 0 aliphatic carbocycles. The molecule has 2 aromatic heterocycles. The Kier molecular flexibility index (Phi) is 10.9. The van der Waals surface area contributed by atoms with Crippen molar-refractivity contribution in [1.29, 1.82) is 0 Å². The maximum absolute atomic E-state index is 14.4. The van der Waals surface area contributed by atoms with Crippen molar-refractivity contribution < 1.29 is 32.9 Å². The average Bonchev–Trinajstić information content (AvgIpc) is 3.88. The van der Waals surface area contributed by atoms with Crippen LogP contribution in [0.4, 0.5) is 10.3 Å². The Morgan fingerprint density at radius 2 is 1.62 bits per heavy atom. The fraction of sp³-hybridized carbons (Fsp3) is 0.415. The number of amides is 1. The smallest absolute Gasteiger partial charge is 0.229 e. The number of halogens is 1. The van der Waals surface area contributed by atoms with E-state index in [1.807, 2.05) is 41.3 Å². The number of ether oxygens (including phenoxy) is 3. The molecule has 2 saturated heterocycles. The zero-order valence-corrected chi connectivity index (χ0v) is 30.6. The Hall–Kier alpha value is -5.07. The Bertz CT molecular complexity index is 2000. The number of para-hydroxylation sites is 2. The lowest BCUT2D eigenvalue weighted by molar-refractivity contribution is -0.137. The van der Waals surface area contributed by atoms with Crippen molar-refractivity contribution in [2.45, 2.75) is 57.8 Å². The number of fused-ring (bicyclic) bond motifs is 1. The molecule has 5 aromatic rings. The highest BCUT2D eigenvalue weighted by Crippen LogP contribution is 2.42. The summed E-state index contributed by atoms with van der Waals surface area (Å²) in [6, 6.07) is 22.3. The zero-order valence-electron chi connectivity index (χ0n) is 30.6. The minimum Gasteiger partial charge on any atom is -0.493 e. The molecule has 2 aliphatic heterocycles. The van der Waals surface area contributed by atoms with E-state index in [0.717, 1.165) is 72.8 Å². The van der Waals surface area contributed by atoms with Crippen LogP contribution in [-0.4, -0.2) is 83.9 Å². The number of piperidine rings is 1. The molecule has 1 atom stereocenters. The maximum atomic E-state index is 14.4. The fourth-order valence-corrected chi connectivity index (χ4v) is 7.92. The average molecular weight is 726 g/mol. The SMILES string of the molecule is COc1cc(CN2CCC(CCN3CCC(Nc4nc5ccccc5n4Cc4ccc(CO)o4)CC3)(Cc3ccc(F)cc3)C2=O)cc(OC)c1OC. The molecule has 12 heteroatoms. The van der Waals surface area contributed by atoms with Crippen molar-refractivity contribution in [1.82, 2.24) is 19.4 Å². The summed E-state index contributed by atoms with van der Waals surface area (Å²) in [7, 11) is 4.74. The number of likely N-dealkylation sites (tertiary alicyclic amines) is 2. The molecule has 2 fully saturated rings. The van der Waals surface area contributed by atoms with Crippen molar-refractivity contribution in [3.8, 4) is 17.2 Å². The van der Waals surface area contributed by atoms with Crippen LogP contribution in [0.1, 0.15) is 48.3 Å². The number of imidazole rings is 1. The highest BCUT2D eigenvalue weighted by Gasteiger charge is 2.46. The second-order valence-corrected chi connectivity index (χ2v) is 14.1. The quantitative estimate of drug-likeness (QED) is 0.129. The lowest BCUT2D eigenvalue weighted by Crippen LogP contribution is -2.43. The summed E-state index contributed by atoms with van der Waals surface area (Å²) in [6.45, 7) is 4.00. The minimum atomic E-state index is -0.597. The third-order valence-electron chi connectivity index (χ3n) is 10.8. The molecule has 4 heterocycles. The summed E-state index contributed by atoms with van der Waals surface area (Å²) < 4.78 is 38.5. The summed E-state index contributed by atoms with van der Waals surface area (Å²) in [5.41, 5.74) is 3.19. The number of furan rings is 1. The molecular weight excluding hydrogens is 677 g/mol. The number of benzene rings is 3. The van der Waals surface area contributed by atoms with Gasteiger partial charge in [0.15, 0.2) is 11.5 Å². The minimum absolute atomic E-state index is 0.119. The van der Waals surface area contributed by atoms with Crippen LogP contribution >= 0.6 is 0 Å². The fourth-order valence-electron chi connectivity index (χ4n) is 7.92. The largest absolute Gasteiger partial charge is 0.493 e. The summed E-state index contributed by atoms with van der Waals surface area (Å²) in [6.07, 6.45) is 3.86. The van der Waals surface area contributed by atoms with Gasteiger partial charge < -0.3 is 43.4 Å². The standard InChI is InChI=1S/C41H48FN5O6/c1-50-36-22-29(23-37(51-2)38(36)52-3)25-46-21-17-41(39(46)49,24-28-8-10-30(42)11-9-28)16-20-45-18-14-31(15-19-45)43-40-44-34-6-4-5-7-35(34)47(40)26-32-12-13-33(27-48)53-32/h4-13,22-23,31,48H,14-21,24-27H2,1-3H3,(H,43,44). The Labute approximate surface area is 309 Å². The van der Waals surface area contributed by atoms with E-state index < -0.39 is 5.41 Å². The second-order valence-electron chi connectivity index (χ2n) is 14.1. The molecule has 0 spiro atoms. The highest BCUT2D eigenvalue weighted by atomic mass is 19.1. The lowest BCUT2D eigenvalue weighted by atomic mass is 9.77. The van der Waals surface area contributed by atoms with Gasteiger partial charge in [-0.1, -0.05) is 24.3 Å². The Morgan fingerprint density at radius 3 is 2.30 bits per heavy atom. The van der Waals surface area contributed by atoms with Gasteiger partial charge in [0.25, 0.3) is 0 Å². The number of methoxy groups -OCH3 is 3. The molecule has 53 heavy (non-hydrogen) atoms. The summed E-state index contributed by atoms with van der Waals surface area (Å²) in [5.74, 6) is 3.55. The highest BCUT2D eigenvalue weighted by molar-refractivity contribution is 5.85. The van der Waals surface area contributed by atoms with Crippen LogP contribution in [0.25, 0.3) is 11.0 Å². The topological polar surface area (TPSA) is 114 Å². The van der Waals surface area contributed by atoms with E-state index in [0.29, 0.717) is 55.5 Å². The number of carbonyl (C=O) groups excluding carboxylic acids is 1. The van der Waals surface area contributed by atoms with Gasteiger partial charge in [-0.05, 0) is 98.3 Å². The normalized spacial score (nSPS) is 18.2. The zero-order chi connectivity index (χ0) is 37.0. The van der Waals surface area contributed by atoms with Crippen molar-refractivity contribution in [2.75, 3.05) is 52.8 Å². The number of anilines is 1. The van der Waals surface area contributed by atoms with E-state index in [1.54, 1.807) is 39.5 Å². The van der Waals surface area contributed by atoms with Gasteiger partial charge in [-0.15, -0.1) is 0 Å². The van der Waals surface area contributed by atoms with Crippen molar-refractivity contribution in [2.24, 2.45) is 5.41 Å². The van der Waals surface area contributed by atoms with Gasteiger partial charge in [0, 0.05) is 32.2 Å². The van der Waals surface area contributed by atoms with E-state index in [4.69, 9.17) is 23.6 Å². The first-order valence-electron chi connectivity index (χ1n) is 18.3. The van der Waals surface area contributed by atoms with E-state index in [9.17, 15) is 14.3 Å². The predicted octanol–water partition coefficient (Wildman–Crippen LogP) is 6.26. The summed E-state index contributed by atoms with van der Waals surface area (Å²) >= 11 is 0. The summed E-state index contributed by atoms with van der Waals surface area (Å²) in [5, 5.41) is 13.2. The molecule has 0 saturated carbocycles. The van der Waals surface area contributed by atoms with E-state index in [-0.39, 0.29) is 24.4 Å². The van der Waals surface area contributed by atoms with Crippen LogP contribution in [0.3, 0.4) is 0 Å². The molecule has 0 radical (unpaired) electrons. The third kappa shape index (κ3) is 7.84. The van der Waals surface area contributed by atoms with Gasteiger partial charge in [0.05, 0.1) is 44.3 Å². The van der Waals surface area contributed by atoms with Gasteiger partial charge in [0.1, 0.15) is 23.9 Å². The molecule has 280 valence electrons. The van der Waals surface area contributed by atoms with Crippen molar-refractivity contribution in [3.63, 3.8) is 0 Å². The molecule has 3 aromatic carbocycles. The number of hydrogen-bond acceptors (Lipinski definition) is 9. The van der Waals surface area contributed by atoms with E-state index in [1.165, 1.54) is 12.1 Å². The van der Waals surface area contributed by atoms with Crippen LogP contribution in [-0.2, 0) is 30.9 Å². The molecule has 2 aliphatic rings. The monoisotopic (exact) mass is 725 g/mol. The number of hydrogen-bond donors (Lipinski definition) is 2. The first-order valence-corrected chi connectivity index (χ1v) is 18.3. The molecular formula is C41H48FN5O6. The number of nitrogens with one attached hydrogen (secondary N) is 1. The van der Waals surface area contributed by atoms with Gasteiger partial charge >= 0.3 is 0 Å². The van der Waals surface area contributed by atoms with Crippen molar-refractivity contribution >= 4 is 22.9 Å². The number of nitrogens with zero attached hydrogens (tertiary/aromatic N) is 4. The van der Waals surface area contributed by atoms with Crippen LogP contribution in [0.2, 0.25) is 0 Å². The van der Waals surface area contributed by atoms with Gasteiger partial charge in [-0.25, -0.2) is 9.37 Å². The Balaban J connectivity index is 1.02. The number of carbonyl (C=O) groups is 1. The number of aliphatic hydroxyl groups is 1. The molecule has 1 unspecified atom stereocenters. The first kappa shape index (κ1) is 36.3. The molecule has 0 bridgehead atoms. The molecule has 7 rings (SSSR count). The molecule has 2 N–H and O–H groups in total. The van der Waals surface area contributed by atoms with Crippen molar-refractivity contribution in [3.05, 3.63) is 101 Å². The van der Waals surface area contributed by atoms with E-state index >= 15 is 0 Å². The van der Waals surface area contributed by atoms with Gasteiger partial charge in [0.2, 0.25) is 17.6 Å². The third-order valence-corrected chi connectivity index (χ3v) is 10.8. The number of rotatable bonds is 15. The van der Waals surface area contributed by atoms with Gasteiger partial charge in [-0.2, -0.15) is 0 Å². The second kappa shape index (κ2) is 15.9. The summed E-state index contributed by atoms with van der Waals surface area (Å²) in [4.78, 5) is 23.7. The van der Waals surface area contributed by atoms with E-state index in [2.05, 4.69) is 20.9 Å². The van der Waals surface area contributed by atoms with Gasteiger partial charge in [-0.3, -0.25) is 4.79 Å². The molecule has 11 nitrogen and oxygen atoms in total. The van der Waals surface area contributed by atoms with Crippen LogP contribution in [0, 0.1) is 11.2 Å². The Morgan fingerprint density at radius 1 is 0.906 bits per heavy atom. The maximum Gasteiger partial charge on any atom is 0.229 e. The molecule has 1 amide bonds. The number of aromatic nitrogens is 2. The first-order chi connectivity index (χ1) is 25.8. The van der Waals surface area contributed by atoms with Crippen LogP contribution in [0.5, 0.6) is 17.2 Å². The number of aliphatic hydroxyl groups excluding tert-OH is 1. The predicted molar refractivity (Wildman–Crippen MR) is 200 cm³/mol. The van der Waals surface area contributed by atoms with Crippen LogP contribution in [0.15, 0.2) is 77.2 Å². The lowest BCUT2D eigenvalue weighted by Gasteiger charge is -2.35. The van der Waals surface area contributed by atoms with Crippen LogP contribution < -0.4 is 19.5 Å².